The molecule has 0 amide bonds. The minimum Gasteiger partial charge on any atom is -0.271 e. The molecule has 0 aromatic heterocycles. The number of rotatable bonds is 19. The van der Waals surface area contributed by atoms with Crippen LogP contribution in [0.25, 0.3) is 0 Å². The van der Waals surface area contributed by atoms with Crippen LogP contribution in [0.3, 0.4) is 0 Å². The zero-order valence-corrected chi connectivity index (χ0v) is 18.2. The molecule has 0 atom stereocenters. The minimum atomic E-state index is 1.11. The van der Waals surface area contributed by atoms with Crippen LogP contribution in [-0.4, -0.2) is 17.6 Å². The van der Waals surface area contributed by atoms with Gasteiger partial charge >= 0.3 is 0 Å². The molecule has 1 aliphatic heterocycles. The number of hydrogen-bond acceptors (Lipinski definition) is 0. The second-order valence-corrected chi connectivity index (χ2v) is 8.54. The van der Waals surface area contributed by atoms with Gasteiger partial charge in [0.15, 0.2) is 0 Å². The predicted molar refractivity (Wildman–Crippen MR) is 118 cm³/mol. The summed E-state index contributed by atoms with van der Waals surface area (Å²) in [5, 5.41) is 0. The van der Waals surface area contributed by atoms with Gasteiger partial charge in [0.25, 0.3) is 0 Å². The average Bonchev–Trinajstić information content (AvgIpc) is 3.10. The molecule has 0 aromatic rings. The van der Waals surface area contributed by atoms with Crippen LogP contribution in [0.5, 0.6) is 0 Å². The van der Waals surface area contributed by atoms with Gasteiger partial charge in [0, 0.05) is 0 Å². The van der Waals surface area contributed by atoms with Gasteiger partial charge in [0.05, 0.1) is 13.1 Å². The standard InChI is InChI=1S/C25H48N/c1-3-5-6-7-8-9-10-11-12-13-14-15-16-17-18-19-23-26(22-4-2)24-20-21-25-26/h20-21,24-25H,3-19,22-23H2,1-2H3/q+1. The van der Waals surface area contributed by atoms with Gasteiger partial charge in [-0.1, -0.05) is 104 Å². The van der Waals surface area contributed by atoms with Crippen molar-refractivity contribution in [2.45, 2.75) is 123 Å². The summed E-state index contributed by atoms with van der Waals surface area (Å²) in [6.07, 6.45) is 33.7. The predicted octanol–water partition coefficient (Wildman–Crippen LogP) is 8.52. The van der Waals surface area contributed by atoms with Gasteiger partial charge in [-0.2, -0.15) is 0 Å². The lowest BCUT2D eigenvalue weighted by Gasteiger charge is -2.28. The molecule has 0 saturated heterocycles. The maximum absolute atomic E-state index is 2.38. The van der Waals surface area contributed by atoms with Crippen LogP contribution >= 0.6 is 0 Å². The van der Waals surface area contributed by atoms with Gasteiger partial charge in [-0.3, -0.25) is 4.48 Å². The maximum Gasteiger partial charge on any atom is 0.101 e. The van der Waals surface area contributed by atoms with E-state index in [4.69, 9.17) is 0 Å². The largest absolute Gasteiger partial charge is 0.271 e. The van der Waals surface area contributed by atoms with Crippen LogP contribution in [0.15, 0.2) is 24.6 Å². The first-order valence-corrected chi connectivity index (χ1v) is 12.1. The first kappa shape index (κ1) is 23.5. The Morgan fingerprint density at radius 2 is 0.808 bits per heavy atom. The molecular weight excluding hydrogens is 314 g/mol. The fraction of sp³-hybridized carbons (Fsp3) is 0.840. The summed E-state index contributed by atoms with van der Waals surface area (Å²) in [6, 6.07) is 0. The summed E-state index contributed by atoms with van der Waals surface area (Å²) in [5.41, 5.74) is 0. The minimum absolute atomic E-state index is 1.11. The second-order valence-electron chi connectivity index (χ2n) is 8.54. The topological polar surface area (TPSA) is 0 Å². The SMILES string of the molecule is CCCCCCCCCCCCCCCCCC[N+]1(CCC)C=CC=C1. The molecule has 0 N–H and O–H groups in total. The van der Waals surface area contributed by atoms with Crippen molar-refractivity contribution in [3.63, 3.8) is 0 Å². The Hall–Kier alpha value is -0.560. The lowest BCUT2D eigenvalue weighted by Crippen LogP contribution is -2.37. The van der Waals surface area contributed by atoms with E-state index in [1.54, 1.807) is 0 Å². The van der Waals surface area contributed by atoms with E-state index in [1.165, 1.54) is 122 Å². The van der Waals surface area contributed by atoms with Crippen molar-refractivity contribution < 1.29 is 4.48 Å². The molecule has 0 spiro atoms. The lowest BCUT2D eigenvalue weighted by molar-refractivity contribution is -0.826. The van der Waals surface area contributed by atoms with Crippen molar-refractivity contribution >= 4 is 0 Å². The normalized spacial score (nSPS) is 15.2. The molecule has 1 aliphatic rings. The summed E-state index contributed by atoms with van der Waals surface area (Å²) in [5.74, 6) is 0. The van der Waals surface area contributed by atoms with Crippen LogP contribution in [0.4, 0.5) is 0 Å². The van der Waals surface area contributed by atoms with E-state index in [0.717, 1.165) is 4.48 Å². The highest BCUT2D eigenvalue weighted by atomic mass is 15.3. The molecule has 0 saturated carbocycles. The summed E-state index contributed by atoms with van der Waals surface area (Å²) >= 11 is 0. The Labute approximate surface area is 165 Å². The third-order valence-corrected chi connectivity index (χ3v) is 5.94. The van der Waals surface area contributed by atoms with E-state index in [-0.39, 0.29) is 0 Å². The molecular formula is C25H48N+. The van der Waals surface area contributed by atoms with Crippen molar-refractivity contribution in [1.82, 2.24) is 0 Å². The van der Waals surface area contributed by atoms with Gasteiger partial charge in [-0.15, -0.1) is 0 Å². The van der Waals surface area contributed by atoms with Crippen molar-refractivity contribution in [3.05, 3.63) is 24.6 Å². The number of quaternary nitrogens is 1. The number of allylic oxidation sites excluding steroid dienone is 2. The van der Waals surface area contributed by atoms with E-state index in [2.05, 4.69) is 38.4 Å². The van der Waals surface area contributed by atoms with E-state index in [0.29, 0.717) is 0 Å². The van der Waals surface area contributed by atoms with E-state index in [1.807, 2.05) is 0 Å². The van der Waals surface area contributed by atoms with Crippen LogP contribution in [0.1, 0.15) is 123 Å². The van der Waals surface area contributed by atoms with E-state index >= 15 is 0 Å². The molecule has 0 fully saturated rings. The van der Waals surface area contributed by atoms with Gasteiger partial charge < -0.3 is 0 Å². The Kier molecular flexibility index (Phi) is 15.0. The maximum atomic E-state index is 2.38. The number of unbranched alkanes of at least 4 members (excludes halogenated alkanes) is 15. The summed E-state index contributed by atoms with van der Waals surface area (Å²) < 4.78 is 1.11. The highest BCUT2D eigenvalue weighted by molar-refractivity contribution is 5.03. The average molecular weight is 363 g/mol. The monoisotopic (exact) mass is 362 g/mol. The molecule has 0 bridgehead atoms. The number of hydrogen-bond donors (Lipinski definition) is 0. The molecule has 1 nitrogen and oxygen atoms in total. The molecule has 1 heterocycles. The Bertz CT molecular complexity index is 343. The van der Waals surface area contributed by atoms with Crippen molar-refractivity contribution in [2.75, 3.05) is 13.1 Å². The second kappa shape index (κ2) is 16.6. The fourth-order valence-electron chi connectivity index (χ4n) is 4.27. The van der Waals surface area contributed by atoms with Crippen molar-refractivity contribution in [1.29, 1.82) is 0 Å². The first-order chi connectivity index (χ1) is 12.8. The molecule has 1 heteroatoms. The van der Waals surface area contributed by atoms with E-state index < -0.39 is 0 Å². The molecule has 0 aromatic carbocycles. The van der Waals surface area contributed by atoms with Crippen LogP contribution in [0.2, 0.25) is 0 Å². The Balaban J connectivity index is 1.78. The summed E-state index contributed by atoms with van der Waals surface area (Å²) in [6.45, 7) is 7.17. The zero-order valence-electron chi connectivity index (χ0n) is 18.2. The molecule has 1 rings (SSSR count). The molecule has 0 radical (unpaired) electrons. The fourth-order valence-corrected chi connectivity index (χ4v) is 4.27. The third-order valence-electron chi connectivity index (χ3n) is 5.94. The molecule has 0 unspecified atom stereocenters. The van der Waals surface area contributed by atoms with Crippen molar-refractivity contribution in [2.24, 2.45) is 0 Å². The molecule has 26 heavy (non-hydrogen) atoms. The first-order valence-electron chi connectivity index (χ1n) is 12.1. The highest BCUT2D eigenvalue weighted by Gasteiger charge is 2.22. The zero-order chi connectivity index (χ0) is 18.8. The molecule has 0 aliphatic carbocycles. The summed E-state index contributed by atoms with van der Waals surface area (Å²) in [7, 11) is 0. The molecule has 152 valence electrons. The van der Waals surface area contributed by atoms with Crippen LogP contribution in [0, 0.1) is 0 Å². The lowest BCUT2D eigenvalue weighted by atomic mass is 10.0. The smallest absolute Gasteiger partial charge is 0.101 e. The Morgan fingerprint density at radius 3 is 1.19 bits per heavy atom. The van der Waals surface area contributed by atoms with E-state index in [9.17, 15) is 0 Å². The Morgan fingerprint density at radius 1 is 0.423 bits per heavy atom. The highest BCUT2D eigenvalue weighted by Crippen LogP contribution is 2.19. The quantitative estimate of drug-likeness (QED) is 0.159. The van der Waals surface area contributed by atoms with Gasteiger partial charge in [0.1, 0.15) is 12.4 Å². The van der Waals surface area contributed by atoms with Crippen molar-refractivity contribution in [3.8, 4) is 0 Å². The summed E-state index contributed by atoms with van der Waals surface area (Å²) in [4.78, 5) is 0. The third kappa shape index (κ3) is 11.9. The number of nitrogens with zero attached hydrogens (tertiary/aromatic N) is 1. The van der Waals surface area contributed by atoms with Gasteiger partial charge in [-0.05, 0) is 31.4 Å². The van der Waals surface area contributed by atoms with Gasteiger partial charge in [-0.25, -0.2) is 0 Å². The van der Waals surface area contributed by atoms with Gasteiger partial charge in [0.2, 0.25) is 0 Å². The van der Waals surface area contributed by atoms with Crippen LogP contribution in [-0.2, 0) is 0 Å². The van der Waals surface area contributed by atoms with Crippen LogP contribution < -0.4 is 0 Å².